The summed E-state index contributed by atoms with van der Waals surface area (Å²) in [6, 6.07) is -0.104. The minimum absolute atomic E-state index is 0.104. The first-order valence-electron chi connectivity index (χ1n) is 4.65. The lowest BCUT2D eigenvalue weighted by molar-refractivity contribution is -0.133. The van der Waals surface area contributed by atoms with Crippen molar-refractivity contribution in [1.29, 1.82) is 0 Å². The van der Waals surface area contributed by atoms with Gasteiger partial charge in [-0.1, -0.05) is 0 Å². The van der Waals surface area contributed by atoms with Crippen molar-refractivity contribution in [3.05, 3.63) is 0 Å². The molecule has 1 N–H and O–H groups in total. The van der Waals surface area contributed by atoms with E-state index >= 15 is 0 Å². The molecule has 2 atom stereocenters. The first-order valence-corrected chi connectivity index (χ1v) is 4.65. The number of hydrogen-bond donors (Lipinski definition) is 1. The summed E-state index contributed by atoms with van der Waals surface area (Å²) in [7, 11) is 3.51. The van der Waals surface area contributed by atoms with Crippen LogP contribution < -0.4 is 0 Å². The minimum Gasteiger partial charge on any atom is -0.392 e. The molecule has 1 heterocycles. The number of carbonyl (C=O) groups excluding carboxylic acids is 1. The van der Waals surface area contributed by atoms with Crippen molar-refractivity contribution in [3.63, 3.8) is 0 Å². The topological polar surface area (TPSA) is 43.8 Å². The number of rotatable bonds is 2. The summed E-state index contributed by atoms with van der Waals surface area (Å²) >= 11 is 0. The van der Waals surface area contributed by atoms with Gasteiger partial charge in [-0.05, 0) is 13.3 Å². The second-order valence-electron chi connectivity index (χ2n) is 3.85. The Balaban J connectivity index is 2.48. The molecule has 0 aromatic rings. The average Bonchev–Trinajstić information content (AvgIpc) is 2.49. The maximum atomic E-state index is 11.5. The van der Waals surface area contributed by atoms with Crippen LogP contribution in [0.2, 0.25) is 0 Å². The molecule has 0 spiro atoms. The second kappa shape index (κ2) is 4.07. The average molecular weight is 186 g/mol. The van der Waals surface area contributed by atoms with Gasteiger partial charge in [0.15, 0.2) is 0 Å². The summed E-state index contributed by atoms with van der Waals surface area (Å²) in [6.07, 6.45) is 0.530. The van der Waals surface area contributed by atoms with Gasteiger partial charge in [0, 0.05) is 27.2 Å². The Bertz CT molecular complexity index is 194. The molecule has 1 rings (SSSR count). The number of hydrogen-bond acceptors (Lipinski definition) is 3. The molecule has 4 heteroatoms. The van der Waals surface area contributed by atoms with Crippen LogP contribution in [-0.4, -0.2) is 60.1 Å². The second-order valence-corrected chi connectivity index (χ2v) is 3.85. The van der Waals surface area contributed by atoms with E-state index in [1.54, 1.807) is 19.0 Å². The molecule has 0 bridgehead atoms. The predicted octanol–water partition coefficient (Wildman–Crippen LogP) is -0.470. The summed E-state index contributed by atoms with van der Waals surface area (Å²) in [5.74, 6) is 0.106. The summed E-state index contributed by atoms with van der Waals surface area (Å²) < 4.78 is 0. The molecule has 0 aromatic heterocycles. The van der Waals surface area contributed by atoms with Crippen LogP contribution in [0.15, 0.2) is 0 Å². The number of carbonyl (C=O) groups is 1. The summed E-state index contributed by atoms with van der Waals surface area (Å²) in [4.78, 5) is 15.2. The lowest BCUT2D eigenvalue weighted by Crippen LogP contribution is -2.43. The quantitative estimate of drug-likeness (QED) is 0.634. The van der Waals surface area contributed by atoms with E-state index in [1.165, 1.54) is 0 Å². The van der Waals surface area contributed by atoms with Gasteiger partial charge in [-0.3, -0.25) is 9.69 Å². The van der Waals surface area contributed by atoms with Crippen molar-refractivity contribution < 1.29 is 9.90 Å². The van der Waals surface area contributed by atoms with Crippen LogP contribution >= 0.6 is 0 Å². The van der Waals surface area contributed by atoms with E-state index in [9.17, 15) is 9.90 Å². The van der Waals surface area contributed by atoms with Gasteiger partial charge in [0.05, 0.1) is 12.1 Å². The molecule has 4 nitrogen and oxygen atoms in total. The van der Waals surface area contributed by atoms with Gasteiger partial charge in [-0.15, -0.1) is 0 Å². The molecule has 0 saturated carbocycles. The number of likely N-dealkylation sites (tertiary alicyclic amines) is 1. The minimum atomic E-state index is -0.252. The fourth-order valence-electron chi connectivity index (χ4n) is 1.65. The van der Waals surface area contributed by atoms with Crippen LogP contribution in [0.1, 0.15) is 13.3 Å². The van der Waals surface area contributed by atoms with Gasteiger partial charge in [0.25, 0.3) is 0 Å². The Morgan fingerprint density at radius 1 is 1.62 bits per heavy atom. The number of likely N-dealkylation sites (N-methyl/N-ethyl adjacent to an activating group) is 1. The zero-order valence-electron chi connectivity index (χ0n) is 8.53. The zero-order valence-corrected chi connectivity index (χ0v) is 8.53. The third-order valence-electron chi connectivity index (χ3n) is 2.54. The van der Waals surface area contributed by atoms with Gasteiger partial charge >= 0.3 is 0 Å². The van der Waals surface area contributed by atoms with Gasteiger partial charge < -0.3 is 10.0 Å². The highest BCUT2D eigenvalue weighted by Gasteiger charge is 2.28. The van der Waals surface area contributed by atoms with Crippen molar-refractivity contribution in [2.45, 2.75) is 25.5 Å². The van der Waals surface area contributed by atoms with Crippen LogP contribution in [0.3, 0.4) is 0 Å². The van der Waals surface area contributed by atoms with Gasteiger partial charge in [0.1, 0.15) is 0 Å². The molecule has 1 saturated heterocycles. The first-order chi connectivity index (χ1) is 6.02. The van der Waals surface area contributed by atoms with Gasteiger partial charge in [-0.25, -0.2) is 0 Å². The highest BCUT2D eigenvalue weighted by atomic mass is 16.3. The number of nitrogens with zero attached hydrogens (tertiary/aromatic N) is 2. The van der Waals surface area contributed by atoms with E-state index in [1.807, 2.05) is 11.8 Å². The van der Waals surface area contributed by atoms with Crippen LogP contribution in [-0.2, 0) is 4.79 Å². The fourth-order valence-corrected chi connectivity index (χ4v) is 1.65. The maximum absolute atomic E-state index is 11.5. The van der Waals surface area contributed by atoms with Crippen molar-refractivity contribution in [2.24, 2.45) is 0 Å². The Labute approximate surface area is 79.1 Å². The lowest BCUT2D eigenvalue weighted by Gasteiger charge is -2.25. The summed E-state index contributed by atoms with van der Waals surface area (Å²) in [5.41, 5.74) is 0. The Kier molecular flexibility index (Phi) is 3.27. The van der Waals surface area contributed by atoms with Gasteiger partial charge in [0.2, 0.25) is 5.91 Å². The van der Waals surface area contributed by atoms with Crippen molar-refractivity contribution in [3.8, 4) is 0 Å². The monoisotopic (exact) mass is 186 g/mol. The smallest absolute Gasteiger partial charge is 0.239 e. The Morgan fingerprint density at radius 3 is 2.62 bits per heavy atom. The highest BCUT2D eigenvalue weighted by molar-refractivity contribution is 5.80. The number of aliphatic hydroxyl groups excluding tert-OH is 1. The standard InChI is InChI=1S/C9H18N2O2/c1-7(9(13)10(2)3)11-5-4-8(12)6-11/h7-8,12H,4-6H2,1-3H3/t7?,8-/m1/s1. The third kappa shape index (κ3) is 2.42. The molecule has 13 heavy (non-hydrogen) atoms. The largest absolute Gasteiger partial charge is 0.392 e. The van der Waals surface area contributed by atoms with Crippen LogP contribution in [0.4, 0.5) is 0 Å². The molecule has 0 aliphatic carbocycles. The molecule has 1 aliphatic heterocycles. The lowest BCUT2D eigenvalue weighted by atomic mass is 10.2. The Hall–Kier alpha value is -0.610. The van der Waals surface area contributed by atoms with E-state index < -0.39 is 0 Å². The maximum Gasteiger partial charge on any atom is 0.239 e. The molecule has 0 radical (unpaired) electrons. The zero-order chi connectivity index (χ0) is 10.0. The molecular weight excluding hydrogens is 168 g/mol. The van der Waals surface area contributed by atoms with Crippen molar-refractivity contribution >= 4 is 5.91 Å². The molecule has 0 aromatic carbocycles. The van der Waals surface area contributed by atoms with E-state index in [-0.39, 0.29) is 18.1 Å². The predicted molar refractivity (Wildman–Crippen MR) is 50.4 cm³/mol. The van der Waals surface area contributed by atoms with E-state index in [2.05, 4.69) is 0 Å². The van der Waals surface area contributed by atoms with E-state index in [0.29, 0.717) is 6.54 Å². The summed E-state index contributed by atoms with van der Waals surface area (Å²) in [5, 5.41) is 9.30. The number of β-amino-alcohol motifs (C(OH)–C–C–N with tert-alkyl or cyclic N) is 1. The van der Waals surface area contributed by atoms with Crippen LogP contribution in [0, 0.1) is 0 Å². The van der Waals surface area contributed by atoms with Crippen LogP contribution in [0.5, 0.6) is 0 Å². The number of aliphatic hydroxyl groups is 1. The molecule has 1 fully saturated rings. The molecule has 1 unspecified atom stereocenters. The van der Waals surface area contributed by atoms with Crippen LogP contribution in [0.25, 0.3) is 0 Å². The summed E-state index contributed by atoms with van der Waals surface area (Å²) in [6.45, 7) is 3.34. The van der Waals surface area contributed by atoms with E-state index in [4.69, 9.17) is 0 Å². The third-order valence-corrected chi connectivity index (χ3v) is 2.54. The molecule has 1 amide bonds. The van der Waals surface area contributed by atoms with Crippen molar-refractivity contribution in [2.75, 3.05) is 27.2 Å². The van der Waals surface area contributed by atoms with E-state index in [0.717, 1.165) is 13.0 Å². The highest BCUT2D eigenvalue weighted by Crippen LogP contribution is 2.13. The molecule has 1 aliphatic rings. The Morgan fingerprint density at radius 2 is 2.23 bits per heavy atom. The molecule has 76 valence electrons. The van der Waals surface area contributed by atoms with Crippen molar-refractivity contribution in [1.82, 2.24) is 9.80 Å². The SMILES string of the molecule is CC(C(=O)N(C)C)N1CC[C@@H](O)C1. The fraction of sp³-hybridized carbons (Fsp3) is 0.889. The number of amides is 1. The molecular formula is C9H18N2O2. The first kappa shape index (κ1) is 10.5. The van der Waals surface area contributed by atoms with Gasteiger partial charge in [-0.2, -0.15) is 0 Å². The normalized spacial score (nSPS) is 26.0.